The molecule has 1 heteroatoms. The van der Waals surface area contributed by atoms with Gasteiger partial charge in [0.05, 0.1) is 5.41 Å². The van der Waals surface area contributed by atoms with Gasteiger partial charge in [-0.25, -0.2) is 0 Å². The van der Waals surface area contributed by atoms with Crippen LogP contribution in [0.4, 0.5) is 0 Å². The molecule has 1 aliphatic heterocycles. The molecule has 0 fully saturated rings. The fourth-order valence-corrected chi connectivity index (χ4v) is 8.67. The minimum atomic E-state index is -0.453. The smallest absolute Gasteiger partial charge is 0.131 e. The highest BCUT2D eigenvalue weighted by Crippen LogP contribution is 2.67. The summed E-state index contributed by atoms with van der Waals surface area (Å²) in [5.41, 5.74) is 13.6. The Kier molecular flexibility index (Phi) is 5.51. The maximum atomic E-state index is 6.52. The van der Waals surface area contributed by atoms with Crippen LogP contribution >= 0.6 is 0 Å². The minimum absolute atomic E-state index is 0.217. The third-order valence-electron chi connectivity index (χ3n) is 10.6. The highest BCUT2D eigenvalue weighted by molar-refractivity contribution is 6.14. The molecule has 216 valence electrons. The Bertz CT molecular complexity index is 2140. The molecule has 3 unspecified atom stereocenters. The van der Waals surface area contributed by atoms with Gasteiger partial charge in [-0.2, -0.15) is 0 Å². The summed E-state index contributed by atoms with van der Waals surface area (Å²) >= 11 is 0. The van der Waals surface area contributed by atoms with Crippen LogP contribution in [0.5, 0.6) is 11.5 Å². The monoisotopic (exact) mass is 578 g/mol. The van der Waals surface area contributed by atoms with Crippen molar-refractivity contribution in [2.45, 2.75) is 24.7 Å². The lowest BCUT2D eigenvalue weighted by Gasteiger charge is -2.38. The quantitative estimate of drug-likeness (QED) is 0.220. The van der Waals surface area contributed by atoms with Crippen LogP contribution in [0.3, 0.4) is 0 Å². The van der Waals surface area contributed by atoms with Crippen LogP contribution in [0.25, 0.3) is 16.7 Å². The first kappa shape index (κ1) is 26.3. The van der Waals surface area contributed by atoms with Crippen LogP contribution in [0.1, 0.15) is 52.8 Å². The van der Waals surface area contributed by atoms with Crippen LogP contribution in [0, 0.1) is 11.8 Å². The van der Waals surface area contributed by atoms with E-state index >= 15 is 0 Å². The molecule has 4 aromatic rings. The Morgan fingerprint density at radius 2 is 1.33 bits per heavy atom. The van der Waals surface area contributed by atoms with Gasteiger partial charge in [0.25, 0.3) is 0 Å². The van der Waals surface area contributed by atoms with E-state index in [-0.39, 0.29) is 5.41 Å². The number of hydrogen-bond donors (Lipinski definition) is 0. The predicted octanol–water partition coefficient (Wildman–Crippen LogP) is 10.8. The maximum absolute atomic E-state index is 6.52. The lowest BCUT2D eigenvalue weighted by atomic mass is 9.64. The summed E-state index contributed by atoms with van der Waals surface area (Å²) in [5.74, 6) is 2.57. The fourth-order valence-electron chi connectivity index (χ4n) is 8.67. The molecule has 5 aliphatic rings. The molecule has 1 spiro atoms. The van der Waals surface area contributed by atoms with Gasteiger partial charge in [-0.1, -0.05) is 148 Å². The summed E-state index contributed by atoms with van der Waals surface area (Å²) in [5, 5.41) is 0. The molecule has 9 rings (SSSR count). The van der Waals surface area contributed by atoms with Crippen LogP contribution < -0.4 is 4.74 Å². The van der Waals surface area contributed by atoms with E-state index in [1.807, 2.05) is 6.08 Å². The topological polar surface area (TPSA) is 9.23 Å². The first-order chi connectivity index (χ1) is 22.0. The molecule has 1 nitrogen and oxygen atoms in total. The van der Waals surface area contributed by atoms with Crippen LogP contribution in [-0.2, 0) is 10.8 Å². The fraction of sp³-hybridized carbons (Fsp3) is 0.136. The van der Waals surface area contributed by atoms with E-state index in [0.29, 0.717) is 11.8 Å². The minimum Gasteiger partial charge on any atom is -0.457 e. The first-order valence-electron chi connectivity index (χ1n) is 16.0. The molecule has 0 aromatic heterocycles. The van der Waals surface area contributed by atoms with Crippen molar-refractivity contribution >= 4 is 16.7 Å². The number of rotatable bonds is 3. The van der Waals surface area contributed by atoms with E-state index in [1.165, 1.54) is 61.2 Å². The predicted molar refractivity (Wildman–Crippen MR) is 186 cm³/mol. The number of fused-ring (bicyclic) bond motifs is 10. The van der Waals surface area contributed by atoms with Crippen molar-refractivity contribution in [1.29, 1.82) is 0 Å². The molecule has 45 heavy (non-hydrogen) atoms. The molecule has 0 saturated carbocycles. The summed E-state index contributed by atoms with van der Waals surface area (Å²) in [6, 6.07) is 33.5. The van der Waals surface area contributed by atoms with Crippen LogP contribution in [-0.4, -0.2) is 0 Å². The zero-order chi connectivity index (χ0) is 30.3. The molecule has 0 saturated heterocycles. The average Bonchev–Trinajstić information content (AvgIpc) is 3.52. The second-order valence-corrected chi connectivity index (χ2v) is 13.2. The second kappa shape index (κ2) is 9.43. The zero-order valence-corrected chi connectivity index (χ0v) is 25.6. The van der Waals surface area contributed by atoms with E-state index in [9.17, 15) is 0 Å². The van der Waals surface area contributed by atoms with Crippen LogP contribution in [0.15, 0.2) is 158 Å². The lowest BCUT2D eigenvalue weighted by molar-refractivity contribution is 0.418. The number of hydrogen-bond acceptors (Lipinski definition) is 1. The zero-order valence-electron chi connectivity index (χ0n) is 25.6. The van der Waals surface area contributed by atoms with Gasteiger partial charge in [-0.15, -0.1) is 0 Å². The van der Waals surface area contributed by atoms with Crippen molar-refractivity contribution in [2.75, 3.05) is 0 Å². The molecular weight excluding hydrogens is 544 g/mol. The van der Waals surface area contributed by atoms with Gasteiger partial charge in [0.15, 0.2) is 0 Å². The molecule has 4 aromatic carbocycles. The molecule has 0 radical (unpaired) electrons. The van der Waals surface area contributed by atoms with Crippen molar-refractivity contribution in [3.63, 3.8) is 0 Å². The third kappa shape index (κ3) is 3.44. The Balaban J connectivity index is 1.38. The number of benzene rings is 4. The highest BCUT2D eigenvalue weighted by Gasteiger charge is 2.55. The van der Waals surface area contributed by atoms with Gasteiger partial charge in [0.1, 0.15) is 11.5 Å². The van der Waals surface area contributed by atoms with Gasteiger partial charge in [-0.3, -0.25) is 0 Å². The first-order valence-corrected chi connectivity index (χ1v) is 16.0. The highest BCUT2D eigenvalue weighted by atomic mass is 16.5. The summed E-state index contributed by atoms with van der Waals surface area (Å²) in [6.07, 6.45) is 20.4. The van der Waals surface area contributed by atoms with Gasteiger partial charge < -0.3 is 4.74 Å². The van der Waals surface area contributed by atoms with Crippen molar-refractivity contribution in [3.05, 3.63) is 197 Å². The van der Waals surface area contributed by atoms with E-state index in [1.54, 1.807) is 0 Å². The van der Waals surface area contributed by atoms with Gasteiger partial charge in [0.2, 0.25) is 0 Å². The average molecular weight is 579 g/mol. The van der Waals surface area contributed by atoms with Crippen molar-refractivity contribution in [2.24, 2.45) is 11.8 Å². The Labute approximate surface area is 265 Å². The largest absolute Gasteiger partial charge is 0.457 e. The molecule has 1 heterocycles. The lowest BCUT2D eigenvalue weighted by Crippen LogP contribution is -2.29. The number of ether oxygens (including phenoxy) is 1. The van der Waals surface area contributed by atoms with Gasteiger partial charge in [-0.05, 0) is 68.3 Å². The molecule has 3 atom stereocenters. The van der Waals surface area contributed by atoms with E-state index in [0.717, 1.165) is 11.5 Å². The van der Waals surface area contributed by atoms with Crippen molar-refractivity contribution < 1.29 is 4.74 Å². The number of para-hydroxylation sites is 1. The van der Waals surface area contributed by atoms with Gasteiger partial charge >= 0.3 is 0 Å². The second-order valence-electron chi connectivity index (χ2n) is 13.2. The summed E-state index contributed by atoms with van der Waals surface area (Å²) in [7, 11) is 0. The number of allylic oxidation sites excluding steroid dienone is 13. The molecule has 0 bridgehead atoms. The third-order valence-corrected chi connectivity index (χ3v) is 10.6. The Hall–Kier alpha value is -5.14. The molecule has 4 aliphatic carbocycles. The van der Waals surface area contributed by atoms with Crippen molar-refractivity contribution in [3.8, 4) is 11.5 Å². The van der Waals surface area contributed by atoms with Crippen LogP contribution in [0.2, 0.25) is 0 Å². The standard InChI is InChI=1S/C44H34O/c1-4-5-16-33-31-17-8-10-19-35(31)44(36-20-11-9-18-32(36)34-25-28-14-6-7-15-29(28)26-38(34)44)42(33)30-23-24-41-39(27-30)43(2,3)37-21-12-13-22-40(37)45-41/h4-29H,1H2,2-3H3/b16-5-. The Morgan fingerprint density at radius 3 is 2.11 bits per heavy atom. The maximum Gasteiger partial charge on any atom is 0.131 e. The summed E-state index contributed by atoms with van der Waals surface area (Å²) < 4.78 is 6.52. The van der Waals surface area contributed by atoms with Gasteiger partial charge in [0, 0.05) is 28.4 Å². The molecule has 0 N–H and O–H groups in total. The Morgan fingerprint density at radius 1 is 0.689 bits per heavy atom. The summed E-state index contributed by atoms with van der Waals surface area (Å²) in [4.78, 5) is 0. The van der Waals surface area contributed by atoms with E-state index < -0.39 is 5.41 Å². The summed E-state index contributed by atoms with van der Waals surface area (Å²) in [6.45, 7) is 8.69. The molecule has 0 amide bonds. The van der Waals surface area contributed by atoms with Crippen molar-refractivity contribution in [1.82, 2.24) is 0 Å². The van der Waals surface area contributed by atoms with E-state index in [4.69, 9.17) is 4.74 Å². The van der Waals surface area contributed by atoms with E-state index in [2.05, 4.69) is 160 Å². The molecular formula is C44H34O. The normalized spacial score (nSPS) is 24.2. The SMILES string of the molecule is C=C/C=C\C1=C(c2ccc3c(c2)C(C)(C)c2ccccc2O3)C2(C3=CC4C=CC=CC4C=C3c3ccccc32)c2ccccc21.